The number of carboxylic acids is 1. The van der Waals surface area contributed by atoms with Crippen LogP contribution in [0.1, 0.15) is 38.8 Å². The lowest BCUT2D eigenvalue weighted by molar-refractivity contribution is 0.0697. The van der Waals surface area contributed by atoms with Gasteiger partial charge in [-0.1, -0.05) is 25.1 Å². The van der Waals surface area contributed by atoms with Gasteiger partial charge < -0.3 is 5.11 Å². The summed E-state index contributed by atoms with van der Waals surface area (Å²) >= 11 is 0. The predicted molar refractivity (Wildman–Crippen MR) is 71.6 cm³/mol. The topological polar surface area (TPSA) is 54.4 Å². The van der Waals surface area contributed by atoms with Crippen molar-refractivity contribution in [2.24, 2.45) is 0 Å². The summed E-state index contributed by atoms with van der Waals surface area (Å²) in [6.07, 6.45) is 0.872. The minimum atomic E-state index is -1.01. The Kier molecular flexibility index (Phi) is 2.49. The van der Waals surface area contributed by atoms with Crippen LogP contribution < -0.4 is 0 Å². The van der Waals surface area contributed by atoms with Crippen LogP contribution in [-0.4, -0.2) is 16.9 Å². The van der Waals surface area contributed by atoms with Crippen molar-refractivity contribution in [3.8, 4) is 11.1 Å². The lowest BCUT2D eigenvalue weighted by Crippen LogP contribution is -2.00. The SMILES string of the molecule is CCc1ccc2c(c1)C(=O)c1cc(C(=O)O)ccc1-2. The van der Waals surface area contributed by atoms with Gasteiger partial charge in [-0.25, -0.2) is 4.79 Å². The van der Waals surface area contributed by atoms with E-state index in [2.05, 4.69) is 0 Å². The number of rotatable bonds is 2. The molecule has 0 amide bonds. The number of carbonyl (C=O) groups is 2. The van der Waals surface area contributed by atoms with Gasteiger partial charge in [0.1, 0.15) is 0 Å². The van der Waals surface area contributed by atoms with Crippen molar-refractivity contribution in [2.45, 2.75) is 13.3 Å². The molecule has 3 heteroatoms. The fourth-order valence-corrected chi connectivity index (χ4v) is 2.48. The molecule has 0 aliphatic heterocycles. The van der Waals surface area contributed by atoms with E-state index in [0.29, 0.717) is 11.1 Å². The lowest BCUT2D eigenvalue weighted by atomic mass is 10.0. The minimum Gasteiger partial charge on any atom is -0.478 e. The van der Waals surface area contributed by atoms with Crippen LogP contribution in [0.5, 0.6) is 0 Å². The highest BCUT2D eigenvalue weighted by Crippen LogP contribution is 2.37. The van der Waals surface area contributed by atoms with Gasteiger partial charge >= 0.3 is 5.97 Å². The molecule has 2 aromatic rings. The predicted octanol–water partition coefficient (Wildman–Crippen LogP) is 3.16. The molecule has 3 rings (SSSR count). The third-order valence-corrected chi connectivity index (χ3v) is 3.54. The first kappa shape index (κ1) is 11.7. The molecule has 1 aliphatic carbocycles. The number of aromatic carboxylic acids is 1. The highest BCUT2D eigenvalue weighted by atomic mass is 16.4. The molecule has 0 bridgehead atoms. The van der Waals surface area contributed by atoms with Crippen molar-refractivity contribution in [2.75, 3.05) is 0 Å². The standard InChI is InChI=1S/C16H12O3/c1-2-9-3-5-11-12-6-4-10(16(18)19)8-14(12)15(17)13(11)7-9/h3-8H,2H2,1H3,(H,18,19). The molecule has 0 radical (unpaired) electrons. The van der Waals surface area contributed by atoms with Gasteiger partial charge in [-0.05, 0) is 41.3 Å². The van der Waals surface area contributed by atoms with E-state index < -0.39 is 5.97 Å². The average molecular weight is 252 g/mol. The number of hydrogen-bond acceptors (Lipinski definition) is 2. The number of hydrogen-bond donors (Lipinski definition) is 1. The summed E-state index contributed by atoms with van der Waals surface area (Å²) in [5, 5.41) is 8.99. The van der Waals surface area contributed by atoms with Crippen LogP contribution in [0.25, 0.3) is 11.1 Å². The number of carbonyl (C=O) groups excluding carboxylic acids is 1. The van der Waals surface area contributed by atoms with Crippen LogP contribution in [0.4, 0.5) is 0 Å². The molecular formula is C16H12O3. The molecule has 0 spiro atoms. The van der Waals surface area contributed by atoms with Crippen LogP contribution in [0.3, 0.4) is 0 Å². The van der Waals surface area contributed by atoms with E-state index >= 15 is 0 Å². The van der Waals surface area contributed by atoms with Crippen molar-refractivity contribution in [1.82, 2.24) is 0 Å². The van der Waals surface area contributed by atoms with Gasteiger partial charge in [-0.3, -0.25) is 4.79 Å². The molecule has 0 heterocycles. The zero-order valence-electron chi connectivity index (χ0n) is 10.4. The van der Waals surface area contributed by atoms with Crippen LogP contribution in [0, 0.1) is 0 Å². The van der Waals surface area contributed by atoms with Crippen molar-refractivity contribution in [3.63, 3.8) is 0 Å². The molecule has 1 aliphatic rings. The first-order valence-electron chi connectivity index (χ1n) is 6.17. The maximum absolute atomic E-state index is 12.3. The van der Waals surface area contributed by atoms with Gasteiger partial charge in [0.2, 0.25) is 0 Å². The average Bonchev–Trinajstić information content (AvgIpc) is 2.71. The molecule has 0 atom stereocenters. The number of ketones is 1. The fraction of sp³-hybridized carbons (Fsp3) is 0.125. The van der Waals surface area contributed by atoms with E-state index in [1.54, 1.807) is 6.07 Å². The van der Waals surface area contributed by atoms with E-state index in [0.717, 1.165) is 23.1 Å². The van der Waals surface area contributed by atoms with Crippen molar-refractivity contribution in [3.05, 3.63) is 58.7 Å². The molecule has 2 aromatic carbocycles. The summed E-state index contributed by atoms with van der Waals surface area (Å²) in [6.45, 7) is 2.04. The van der Waals surface area contributed by atoms with E-state index in [9.17, 15) is 9.59 Å². The maximum Gasteiger partial charge on any atom is 0.335 e. The Morgan fingerprint density at radius 1 is 1.00 bits per heavy atom. The van der Waals surface area contributed by atoms with E-state index in [1.807, 2.05) is 25.1 Å². The second-order valence-corrected chi connectivity index (χ2v) is 4.63. The fourth-order valence-electron chi connectivity index (χ4n) is 2.48. The van der Waals surface area contributed by atoms with Crippen molar-refractivity contribution in [1.29, 1.82) is 0 Å². The minimum absolute atomic E-state index is 0.0802. The summed E-state index contributed by atoms with van der Waals surface area (Å²) < 4.78 is 0. The number of aryl methyl sites for hydroxylation is 1. The Hall–Kier alpha value is -2.42. The number of fused-ring (bicyclic) bond motifs is 3. The summed E-state index contributed by atoms with van der Waals surface area (Å²) in [5.74, 6) is -1.09. The quantitative estimate of drug-likeness (QED) is 0.762. The highest BCUT2D eigenvalue weighted by molar-refractivity contribution is 6.22. The maximum atomic E-state index is 12.3. The largest absolute Gasteiger partial charge is 0.478 e. The van der Waals surface area contributed by atoms with Gasteiger partial charge in [0.05, 0.1) is 5.56 Å². The molecule has 0 unspecified atom stereocenters. The smallest absolute Gasteiger partial charge is 0.335 e. The second kappa shape index (κ2) is 4.05. The monoisotopic (exact) mass is 252 g/mol. The molecule has 19 heavy (non-hydrogen) atoms. The third-order valence-electron chi connectivity index (χ3n) is 3.54. The zero-order valence-corrected chi connectivity index (χ0v) is 10.4. The summed E-state index contributed by atoms with van der Waals surface area (Å²) in [4.78, 5) is 23.3. The zero-order chi connectivity index (χ0) is 13.6. The van der Waals surface area contributed by atoms with Gasteiger partial charge in [-0.2, -0.15) is 0 Å². The Labute approximate surface area is 110 Å². The number of benzene rings is 2. The first-order valence-corrected chi connectivity index (χ1v) is 6.17. The van der Waals surface area contributed by atoms with Crippen molar-refractivity contribution < 1.29 is 14.7 Å². The van der Waals surface area contributed by atoms with Crippen molar-refractivity contribution >= 4 is 11.8 Å². The molecule has 3 nitrogen and oxygen atoms in total. The van der Waals surface area contributed by atoms with E-state index in [-0.39, 0.29) is 11.3 Å². The molecule has 0 fully saturated rings. The third kappa shape index (κ3) is 1.66. The van der Waals surface area contributed by atoms with Crippen LogP contribution in [-0.2, 0) is 6.42 Å². The van der Waals surface area contributed by atoms with Gasteiger partial charge in [0.25, 0.3) is 0 Å². The van der Waals surface area contributed by atoms with Crippen LogP contribution in [0.15, 0.2) is 36.4 Å². The summed E-state index contributed by atoms with van der Waals surface area (Å²) in [6, 6.07) is 10.6. The summed E-state index contributed by atoms with van der Waals surface area (Å²) in [7, 11) is 0. The number of carboxylic acid groups (broad SMARTS) is 1. The highest BCUT2D eigenvalue weighted by Gasteiger charge is 2.27. The Balaban J connectivity index is 2.21. The van der Waals surface area contributed by atoms with Crippen LogP contribution in [0.2, 0.25) is 0 Å². The molecule has 0 saturated carbocycles. The van der Waals surface area contributed by atoms with Gasteiger partial charge in [0.15, 0.2) is 5.78 Å². The summed E-state index contributed by atoms with van der Waals surface area (Å²) in [5.41, 5.74) is 4.15. The normalized spacial score (nSPS) is 12.2. The molecule has 94 valence electrons. The lowest BCUT2D eigenvalue weighted by Gasteiger charge is -2.02. The van der Waals surface area contributed by atoms with Gasteiger partial charge in [-0.15, -0.1) is 0 Å². The Morgan fingerprint density at radius 2 is 1.63 bits per heavy atom. The molecule has 0 aromatic heterocycles. The Morgan fingerprint density at radius 3 is 2.26 bits per heavy atom. The molecule has 1 N–H and O–H groups in total. The molecular weight excluding hydrogens is 240 g/mol. The van der Waals surface area contributed by atoms with Crippen LogP contribution >= 0.6 is 0 Å². The Bertz CT molecular complexity index is 714. The van der Waals surface area contributed by atoms with E-state index in [1.165, 1.54) is 12.1 Å². The van der Waals surface area contributed by atoms with E-state index in [4.69, 9.17) is 5.11 Å². The second-order valence-electron chi connectivity index (χ2n) is 4.63. The van der Waals surface area contributed by atoms with Gasteiger partial charge in [0, 0.05) is 11.1 Å². The molecule has 0 saturated heterocycles. The first-order chi connectivity index (χ1) is 9.11.